The number of hydrogen-bond acceptors (Lipinski definition) is 5. The number of benzene rings is 2. The summed E-state index contributed by atoms with van der Waals surface area (Å²) in [4.78, 5) is 45.7. The highest BCUT2D eigenvalue weighted by atomic mass is 16.3. The van der Waals surface area contributed by atoms with Crippen LogP contribution in [0, 0.1) is 6.92 Å². The lowest BCUT2D eigenvalue weighted by Crippen LogP contribution is -2.47. The van der Waals surface area contributed by atoms with Gasteiger partial charge in [-0.15, -0.1) is 0 Å². The summed E-state index contributed by atoms with van der Waals surface area (Å²) in [7, 11) is 0. The molecule has 0 unspecified atom stereocenters. The first-order valence-electron chi connectivity index (χ1n) is 13.6. The number of nitrogens with zero attached hydrogens (tertiary/aromatic N) is 2. The second-order valence-corrected chi connectivity index (χ2v) is 10.1. The van der Waals surface area contributed by atoms with E-state index in [1.807, 2.05) is 31.2 Å². The van der Waals surface area contributed by atoms with E-state index < -0.39 is 6.04 Å². The minimum atomic E-state index is -0.927. The molecule has 204 valence electrons. The van der Waals surface area contributed by atoms with E-state index >= 15 is 0 Å². The predicted octanol–water partition coefficient (Wildman–Crippen LogP) is 5.43. The molecule has 1 saturated carbocycles. The number of aromatic hydroxyl groups is 1. The van der Waals surface area contributed by atoms with Crippen LogP contribution in [0.1, 0.15) is 68.5 Å². The van der Waals surface area contributed by atoms with E-state index in [-0.39, 0.29) is 42.4 Å². The molecule has 8 nitrogen and oxygen atoms in total. The zero-order valence-electron chi connectivity index (χ0n) is 22.3. The maximum absolute atomic E-state index is 13.8. The molecule has 1 aliphatic carbocycles. The first kappa shape index (κ1) is 27.8. The predicted molar refractivity (Wildman–Crippen MR) is 151 cm³/mol. The monoisotopic (exact) mass is 528 g/mol. The van der Waals surface area contributed by atoms with E-state index in [9.17, 15) is 19.5 Å². The molecule has 1 heterocycles. The van der Waals surface area contributed by atoms with Gasteiger partial charge in [0.2, 0.25) is 17.7 Å². The lowest BCUT2D eigenvalue weighted by Gasteiger charge is -2.33. The summed E-state index contributed by atoms with van der Waals surface area (Å²) in [5.74, 6) is -0.202. The molecule has 1 aliphatic rings. The van der Waals surface area contributed by atoms with Gasteiger partial charge in [-0.1, -0.05) is 49.6 Å². The molecule has 1 aromatic heterocycles. The molecule has 39 heavy (non-hydrogen) atoms. The van der Waals surface area contributed by atoms with Crippen molar-refractivity contribution in [2.24, 2.45) is 0 Å². The van der Waals surface area contributed by atoms with Gasteiger partial charge in [-0.3, -0.25) is 19.3 Å². The van der Waals surface area contributed by atoms with Crippen LogP contribution in [0.3, 0.4) is 0 Å². The molecule has 8 heteroatoms. The van der Waals surface area contributed by atoms with Gasteiger partial charge in [0.15, 0.2) is 0 Å². The Morgan fingerprint density at radius 2 is 1.74 bits per heavy atom. The Balaban J connectivity index is 1.57. The van der Waals surface area contributed by atoms with Gasteiger partial charge in [0.25, 0.3) is 0 Å². The van der Waals surface area contributed by atoms with Crippen LogP contribution in [-0.4, -0.2) is 33.9 Å². The number of phenolic OH excluding ortho intramolecular Hbond substituents is 1. The first-order valence-corrected chi connectivity index (χ1v) is 13.6. The highest BCUT2D eigenvalue weighted by Gasteiger charge is 2.34. The molecule has 0 radical (unpaired) electrons. The number of carbonyl (C=O) groups excluding carboxylic acids is 3. The van der Waals surface area contributed by atoms with Crippen LogP contribution in [0.25, 0.3) is 0 Å². The van der Waals surface area contributed by atoms with E-state index in [0.29, 0.717) is 23.5 Å². The third-order valence-corrected chi connectivity index (χ3v) is 6.94. The molecule has 0 spiro atoms. The summed E-state index contributed by atoms with van der Waals surface area (Å²) in [6.07, 6.45) is 7.25. The minimum Gasteiger partial charge on any atom is -0.508 e. The molecule has 0 bridgehead atoms. The Hall–Kier alpha value is -4.20. The van der Waals surface area contributed by atoms with E-state index in [1.165, 1.54) is 17.0 Å². The molecule has 2 aromatic carbocycles. The summed E-state index contributed by atoms with van der Waals surface area (Å²) < 4.78 is 0. The maximum atomic E-state index is 13.8. The molecular formula is C31H36N4O4. The number of aromatic nitrogens is 1. The first-order chi connectivity index (χ1) is 18.9. The second-order valence-electron chi connectivity index (χ2n) is 10.1. The number of nitrogens with one attached hydrogen (secondary N) is 2. The Morgan fingerprint density at radius 1 is 0.974 bits per heavy atom. The maximum Gasteiger partial charge on any atom is 0.248 e. The van der Waals surface area contributed by atoms with E-state index in [2.05, 4.69) is 15.6 Å². The van der Waals surface area contributed by atoms with Gasteiger partial charge >= 0.3 is 0 Å². The number of anilines is 2. The van der Waals surface area contributed by atoms with Gasteiger partial charge in [-0.25, -0.2) is 4.98 Å². The molecule has 3 N–H and O–H groups in total. The largest absolute Gasteiger partial charge is 0.508 e. The Kier molecular flexibility index (Phi) is 9.67. The van der Waals surface area contributed by atoms with Crippen molar-refractivity contribution >= 4 is 29.2 Å². The highest BCUT2D eigenvalue weighted by Crippen LogP contribution is 2.31. The zero-order valence-corrected chi connectivity index (χ0v) is 22.3. The number of hydrogen-bond donors (Lipinski definition) is 3. The van der Waals surface area contributed by atoms with E-state index in [4.69, 9.17) is 0 Å². The fourth-order valence-electron chi connectivity index (χ4n) is 4.98. The Bertz CT molecular complexity index is 1260. The summed E-state index contributed by atoms with van der Waals surface area (Å²) in [5.41, 5.74) is 2.16. The van der Waals surface area contributed by atoms with Crippen molar-refractivity contribution in [3.05, 3.63) is 84.1 Å². The van der Waals surface area contributed by atoms with Gasteiger partial charge in [0, 0.05) is 30.8 Å². The third kappa shape index (κ3) is 7.89. The number of phenols is 1. The summed E-state index contributed by atoms with van der Waals surface area (Å²) in [6.45, 7) is 1.94. The second kappa shape index (κ2) is 13.6. The topological polar surface area (TPSA) is 112 Å². The van der Waals surface area contributed by atoms with Gasteiger partial charge in [0.1, 0.15) is 17.6 Å². The average molecular weight is 529 g/mol. The number of carbonyl (C=O) groups is 3. The van der Waals surface area contributed by atoms with Gasteiger partial charge < -0.3 is 15.7 Å². The lowest BCUT2D eigenvalue weighted by molar-refractivity contribution is -0.127. The molecule has 1 atom stereocenters. The molecule has 3 aromatic rings. The molecular weight excluding hydrogens is 492 g/mol. The molecule has 1 fully saturated rings. The third-order valence-electron chi connectivity index (χ3n) is 6.94. The summed E-state index contributed by atoms with van der Waals surface area (Å²) in [6, 6.07) is 18.3. The van der Waals surface area contributed by atoms with Crippen LogP contribution >= 0.6 is 0 Å². The van der Waals surface area contributed by atoms with Crippen molar-refractivity contribution in [2.45, 2.75) is 70.4 Å². The SMILES string of the molecule is Cc1cccc(N(C(=O)CCCC(=O)Nc2ccccn2)[C@H](C(=O)NC2CCCCC2)c2ccc(O)cc2)c1. The van der Waals surface area contributed by atoms with Crippen LogP contribution in [-0.2, 0) is 14.4 Å². The number of pyridine rings is 1. The normalized spacial score (nSPS) is 14.3. The van der Waals surface area contributed by atoms with Crippen LogP contribution in [0.4, 0.5) is 11.5 Å². The number of rotatable bonds is 10. The van der Waals surface area contributed by atoms with E-state index in [0.717, 1.165) is 37.7 Å². The van der Waals surface area contributed by atoms with Crippen LogP contribution < -0.4 is 15.5 Å². The fourth-order valence-corrected chi connectivity index (χ4v) is 4.98. The summed E-state index contributed by atoms with van der Waals surface area (Å²) in [5, 5.41) is 15.8. The van der Waals surface area contributed by atoms with E-state index in [1.54, 1.807) is 36.5 Å². The number of aryl methyl sites for hydroxylation is 1. The summed E-state index contributed by atoms with van der Waals surface area (Å²) >= 11 is 0. The minimum absolute atomic E-state index is 0.0654. The quantitative estimate of drug-likeness (QED) is 0.325. The molecule has 0 saturated heterocycles. The van der Waals surface area contributed by atoms with Crippen LogP contribution in [0.5, 0.6) is 5.75 Å². The lowest BCUT2D eigenvalue weighted by atomic mass is 9.94. The van der Waals surface area contributed by atoms with Crippen molar-refractivity contribution in [3.8, 4) is 5.75 Å². The van der Waals surface area contributed by atoms with Gasteiger partial charge in [-0.2, -0.15) is 0 Å². The standard InChI is InChI=1S/C31H36N4O4/c1-22-9-7-12-25(21-22)35(29(38)15-8-14-28(37)34-27-13-5-6-20-32-27)30(23-16-18-26(36)19-17-23)31(39)33-24-10-3-2-4-11-24/h5-7,9,12-13,16-21,24,30,36H,2-4,8,10-11,14-15H2,1H3,(H,33,39)(H,32,34,37)/t30-/m0/s1. The van der Waals surface area contributed by atoms with Gasteiger partial charge in [0.05, 0.1) is 0 Å². The fraction of sp³-hybridized carbons (Fsp3) is 0.355. The average Bonchev–Trinajstić information content (AvgIpc) is 2.93. The van der Waals surface area contributed by atoms with Crippen LogP contribution in [0.15, 0.2) is 72.9 Å². The van der Waals surface area contributed by atoms with Crippen molar-refractivity contribution in [2.75, 3.05) is 10.2 Å². The van der Waals surface area contributed by atoms with Crippen molar-refractivity contribution in [1.29, 1.82) is 0 Å². The smallest absolute Gasteiger partial charge is 0.248 e. The van der Waals surface area contributed by atoms with Crippen LogP contribution in [0.2, 0.25) is 0 Å². The highest BCUT2D eigenvalue weighted by molar-refractivity contribution is 6.01. The molecule has 4 rings (SSSR count). The van der Waals surface area contributed by atoms with Crippen molar-refractivity contribution in [3.63, 3.8) is 0 Å². The number of amides is 3. The van der Waals surface area contributed by atoms with Crippen molar-refractivity contribution < 1.29 is 19.5 Å². The van der Waals surface area contributed by atoms with Crippen molar-refractivity contribution in [1.82, 2.24) is 10.3 Å². The molecule has 3 amide bonds. The zero-order chi connectivity index (χ0) is 27.6. The molecule has 0 aliphatic heterocycles. The Morgan fingerprint density at radius 3 is 2.44 bits per heavy atom. The Labute approximate surface area is 229 Å². The van der Waals surface area contributed by atoms with Gasteiger partial charge in [-0.05, 0) is 73.7 Å².